The smallest absolute Gasteiger partial charge is 0.181 e. The number of benzene rings is 1. The lowest BCUT2D eigenvalue weighted by Gasteiger charge is -2.13. The molecule has 0 unspecified atom stereocenters. The Morgan fingerprint density at radius 3 is 2.29 bits per heavy atom. The van der Waals surface area contributed by atoms with Crippen molar-refractivity contribution in [3.8, 4) is 5.69 Å². The highest BCUT2D eigenvalue weighted by Crippen LogP contribution is 2.30. The van der Waals surface area contributed by atoms with Gasteiger partial charge in [-0.3, -0.25) is 4.79 Å². The minimum Gasteiger partial charge on any atom is -0.300 e. The lowest BCUT2D eigenvalue weighted by molar-refractivity contribution is 0.0984. The first kappa shape index (κ1) is 16.7. The van der Waals surface area contributed by atoms with Gasteiger partial charge in [0.1, 0.15) is 17.2 Å². The van der Waals surface area contributed by atoms with E-state index in [0.29, 0.717) is 17.9 Å². The fourth-order valence-corrected chi connectivity index (χ4v) is 3.56. The molecule has 0 N–H and O–H groups in total. The van der Waals surface area contributed by atoms with E-state index in [1.807, 2.05) is 57.5 Å². The number of hydrogen-bond donors (Lipinski definition) is 0. The van der Waals surface area contributed by atoms with Crippen molar-refractivity contribution in [2.45, 2.75) is 41.0 Å². The maximum Gasteiger partial charge on any atom is 0.181 e. The third-order valence-electron chi connectivity index (χ3n) is 4.23. The summed E-state index contributed by atoms with van der Waals surface area (Å²) in [5, 5.41) is 1.55. The van der Waals surface area contributed by atoms with E-state index >= 15 is 0 Å². The number of hydrogen-bond acceptors (Lipinski definition) is 3. The Bertz CT molecular complexity index is 949. The van der Waals surface area contributed by atoms with Crippen molar-refractivity contribution < 1.29 is 4.79 Å². The zero-order valence-electron chi connectivity index (χ0n) is 14.6. The first-order valence-electron chi connectivity index (χ1n) is 8.00. The molecule has 1 aromatic carbocycles. The highest BCUT2D eigenvalue weighted by molar-refractivity contribution is 6.30. The summed E-state index contributed by atoms with van der Waals surface area (Å²) in [7, 11) is 0. The molecule has 2 aromatic heterocycles. The predicted octanol–water partition coefficient (Wildman–Crippen LogP) is 4.90. The number of fused-ring (bicyclic) bond motifs is 1. The normalized spacial score (nSPS) is 11.2. The summed E-state index contributed by atoms with van der Waals surface area (Å²) in [6.07, 6.45) is 2.45. The summed E-state index contributed by atoms with van der Waals surface area (Å²) < 4.78 is 2.05. The van der Waals surface area contributed by atoms with E-state index in [1.54, 1.807) is 0 Å². The number of Topliss-reactive ketones (excluding diaryl/α,β-unsaturated/α-hetero) is 1. The topological polar surface area (TPSA) is 47.8 Å². The summed E-state index contributed by atoms with van der Waals surface area (Å²) in [4.78, 5) is 21.4. The van der Waals surface area contributed by atoms with Crippen LogP contribution < -0.4 is 0 Å². The third kappa shape index (κ3) is 2.61. The second kappa shape index (κ2) is 6.02. The van der Waals surface area contributed by atoms with Crippen LogP contribution in [0.15, 0.2) is 18.3 Å². The third-order valence-corrected chi connectivity index (χ3v) is 4.45. The molecule has 5 heteroatoms. The van der Waals surface area contributed by atoms with E-state index in [4.69, 9.17) is 11.6 Å². The Balaban J connectivity index is 2.41. The monoisotopic (exact) mass is 341 g/mol. The van der Waals surface area contributed by atoms with Crippen LogP contribution in [0, 0.1) is 27.7 Å². The minimum atomic E-state index is 0.0379. The summed E-state index contributed by atoms with van der Waals surface area (Å²) in [5.74, 6) is 0.638. The van der Waals surface area contributed by atoms with Crippen molar-refractivity contribution >= 4 is 28.4 Å². The molecule has 3 rings (SSSR count). The van der Waals surface area contributed by atoms with Crippen LogP contribution >= 0.6 is 11.6 Å². The number of aromatic nitrogens is 3. The van der Waals surface area contributed by atoms with E-state index in [2.05, 4.69) is 9.97 Å². The lowest BCUT2D eigenvalue weighted by Crippen LogP contribution is -2.07. The molecule has 124 valence electrons. The van der Waals surface area contributed by atoms with Gasteiger partial charge in [-0.15, -0.1) is 0 Å². The maximum absolute atomic E-state index is 12.3. The molecule has 24 heavy (non-hydrogen) atoms. The van der Waals surface area contributed by atoms with Crippen molar-refractivity contribution in [1.82, 2.24) is 14.5 Å². The van der Waals surface area contributed by atoms with Gasteiger partial charge in [-0.2, -0.15) is 0 Å². The van der Waals surface area contributed by atoms with Crippen molar-refractivity contribution in [3.05, 3.63) is 51.6 Å². The van der Waals surface area contributed by atoms with Gasteiger partial charge < -0.3 is 4.57 Å². The molecule has 0 aliphatic carbocycles. The van der Waals surface area contributed by atoms with E-state index in [-0.39, 0.29) is 5.78 Å². The molecule has 0 spiro atoms. The van der Waals surface area contributed by atoms with Crippen molar-refractivity contribution in [2.75, 3.05) is 0 Å². The zero-order chi connectivity index (χ0) is 17.6. The largest absolute Gasteiger partial charge is 0.300 e. The van der Waals surface area contributed by atoms with Gasteiger partial charge in [0.05, 0.1) is 11.1 Å². The molecule has 0 saturated carbocycles. The molecule has 0 bridgehead atoms. The molecule has 3 aromatic rings. The molecular formula is C19H20ClN3O. The van der Waals surface area contributed by atoms with Crippen molar-refractivity contribution in [1.29, 1.82) is 0 Å². The SMILES string of the molecule is CCC(=O)c1nc(C)nc2c1c(C)cn2-c1c(C)cc(Cl)cc1C. The molecule has 0 aliphatic rings. The standard InChI is InChI=1S/C19H20ClN3O/c1-6-15(24)17-16-12(4)9-23(19(16)22-13(5)21-17)18-10(2)7-14(20)8-11(18)3/h7-9H,6H2,1-5H3. The zero-order valence-corrected chi connectivity index (χ0v) is 15.3. The van der Waals surface area contributed by atoms with Gasteiger partial charge in [-0.1, -0.05) is 18.5 Å². The Kier molecular flexibility index (Phi) is 4.18. The maximum atomic E-state index is 12.3. The number of carbonyl (C=O) groups excluding carboxylic acids is 1. The summed E-state index contributed by atoms with van der Waals surface area (Å²) in [6, 6.07) is 3.88. The van der Waals surface area contributed by atoms with Crippen LogP contribution in [0.3, 0.4) is 0 Å². The van der Waals surface area contributed by atoms with Crippen molar-refractivity contribution in [3.63, 3.8) is 0 Å². The lowest BCUT2D eigenvalue weighted by atomic mass is 10.1. The van der Waals surface area contributed by atoms with Gasteiger partial charge in [0.25, 0.3) is 0 Å². The molecule has 0 saturated heterocycles. The average Bonchev–Trinajstić information content (AvgIpc) is 2.81. The number of aryl methyl sites for hydroxylation is 4. The number of halogens is 1. The Labute approximate surface area is 146 Å². The van der Waals surface area contributed by atoms with E-state index in [0.717, 1.165) is 38.4 Å². The van der Waals surface area contributed by atoms with E-state index in [1.165, 1.54) is 0 Å². The molecule has 0 aliphatic heterocycles. The van der Waals surface area contributed by atoms with Gasteiger partial charge in [0, 0.05) is 17.6 Å². The molecule has 4 nitrogen and oxygen atoms in total. The number of carbonyl (C=O) groups is 1. The average molecular weight is 342 g/mol. The van der Waals surface area contributed by atoms with Crippen LogP contribution in [0.1, 0.15) is 46.3 Å². The number of rotatable bonds is 3. The molecule has 0 amide bonds. The molecule has 0 radical (unpaired) electrons. The van der Waals surface area contributed by atoms with Crippen LogP contribution in [-0.2, 0) is 0 Å². The van der Waals surface area contributed by atoms with Crippen molar-refractivity contribution in [2.24, 2.45) is 0 Å². The molecule has 0 atom stereocenters. The quantitative estimate of drug-likeness (QED) is 0.636. The van der Waals surface area contributed by atoms with E-state index < -0.39 is 0 Å². The Hall–Kier alpha value is -2.20. The second-order valence-electron chi connectivity index (χ2n) is 6.17. The van der Waals surface area contributed by atoms with Crippen LogP contribution in [0.5, 0.6) is 0 Å². The van der Waals surface area contributed by atoms with Crippen LogP contribution in [0.4, 0.5) is 0 Å². The highest BCUT2D eigenvalue weighted by Gasteiger charge is 2.20. The Morgan fingerprint density at radius 1 is 1.08 bits per heavy atom. The van der Waals surface area contributed by atoms with Crippen LogP contribution in [0.25, 0.3) is 16.7 Å². The molecule has 0 fully saturated rings. The van der Waals surface area contributed by atoms with Gasteiger partial charge in [0.15, 0.2) is 5.78 Å². The molecular weight excluding hydrogens is 322 g/mol. The van der Waals surface area contributed by atoms with Crippen LogP contribution in [-0.4, -0.2) is 20.3 Å². The number of nitrogens with zero attached hydrogens (tertiary/aromatic N) is 3. The van der Waals surface area contributed by atoms with Gasteiger partial charge in [-0.05, 0) is 56.5 Å². The van der Waals surface area contributed by atoms with Gasteiger partial charge in [-0.25, -0.2) is 9.97 Å². The van der Waals surface area contributed by atoms with Gasteiger partial charge in [0.2, 0.25) is 0 Å². The van der Waals surface area contributed by atoms with Crippen LogP contribution in [0.2, 0.25) is 5.02 Å². The highest BCUT2D eigenvalue weighted by atomic mass is 35.5. The summed E-state index contributed by atoms with van der Waals surface area (Å²) in [5.41, 5.74) is 5.46. The second-order valence-corrected chi connectivity index (χ2v) is 6.60. The summed E-state index contributed by atoms with van der Waals surface area (Å²) in [6.45, 7) is 9.72. The molecule has 2 heterocycles. The fraction of sp³-hybridized carbons (Fsp3) is 0.316. The Morgan fingerprint density at radius 2 is 1.71 bits per heavy atom. The van der Waals surface area contributed by atoms with E-state index in [9.17, 15) is 4.79 Å². The first-order chi connectivity index (χ1) is 11.3. The first-order valence-corrected chi connectivity index (χ1v) is 8.37. The van der Waals surface area contributed by atoms with Gasteiger partial charge >= 0.3 is 0 Å². The fourth-order valence-electron chi connectivity index (χ4n) is 3.24. The number of ketones is 1. The predicted molar refractivity (Wildman–Crippen MR) is 97.4 cm³/mol. The summed E-state index contributed by atoms with van der Waals surface area (Å²) >= 11 is 6.16. The minimum absolute atomic E-state index is 0.0379.